The average molecular weight is 399 g/mol. The van der Waals surface area contributed by atoms with Crippen LogP contribution >= 0.6 is 0 Å². The Morgan fingerprint density at radius 2 is 2.25 bits per heavy atom. The van der Waals surface area contributed by atoms with E-state index < -0.39 is 11.3 Å². The molecule has 146 valence electrons. The van der Waals surface area contributed by atoms with Gasteiger partial charge in [-0.05, 0) is 24.8 Å². The lowest BCUT2D eigenvalue weighted by Gasteiger charge is -2.21. The van der Waals surface area contributed by atoms with Gasteiger partial charge in [-0.3, -0.25) is 9.23 Å². The molecule has 0 saturated heterocycles. The fourth-order valence-electron chi connectivity index (χ4n) is 4.06. The highest BCUT2D eigenvalue weighted by Crippen LogP contribution is 2.37. The fourth-order valence-corrected chi connectivity index (χ4v) is 4.32. The summed E-state index contributed by atoms with van der Waals surface area (Å²) in [6.07, 6.45) is 10.1. The Morgan fingerprint density at radius 3 is 3.00 bits per heavy atom. The van der Waals surface area contributed by atoms with Gasteiger partial charge < -0.3 is 4.98 Å². The molecule has 0 aliphatic heterocycles. The summed E-state index contributed by atoms with van der Waals surface area (Å²) < 4.78 is 24.6. The van der Waals surface area contributed by atoms with E-state index in [-0.39, 0.29) is 12.6 Å². The van der Waals surface area contributed by atoms with Crippen molar-refractivity contribution in [2.45, 2.75) is 44.7 Å². The molecule has 28 heavy (non-hydrogen) atoms. The molecular weight excluding hydrogens is 378 g/mol. The molecule has 0 bridgehead atoms. The summed E-state index contributed by atoms with van der Waals surface area (Å²) in [4.78, 5) is 11.7. The quantitative estimate of drug-likeness (QED) is 0.523. The molecule has 0 aromatic carbocycles. The van der Waals surface area contributed by atoms with Crippen LogP contribution < -0.4 is 4.72 Å². The normalized spacial score (nSPS) is 17.0. The Labute approximate surface area is 164 Å². The maximum absolute atomic E-state index is 11.1. The van der Waals surface area contributed by atoms with Gasteiger partial charge in [-0.1, -0.05) is 12.8 Å². The summed E-state index contributed by atoms with van der Waals surface area (Å²) in [5.41, 5.74) is 2.81. The number of aromatic nitrogens is 5. The van der Waals surface area contributed by atoms with Crippen molar-refractivity contribution in [2.24, 2.45) is 5.92 Å². The van der Waals surface area contributed by atoms with Crippen molar-refractivity contribution in [1.29, 1.82) is 5.26 Å². The van der Waals surface area contributed by atoms with Gasteiger partial charge >= 0.3 is 0 Å². The summed E-state index contributed by atoms with van der Waals surface area (Å²) in [5, 5.41) is 14.9. The minimum Gasteiger partial charge on any atom is -0.346 e. The van der Waals surface area contributed by atoms with E-state index in [1.807, 2.05) is 16.9 Å². The van der Waals surface area contributed by atoms with Crippen LogP contribution in [0.25, 0.3) is 22.3 Å². The SMILES string of the molecule is N#CCC(C1CCCC1)n1cc(-c2ncnc3[nH]ccc23)c(CNS(=O)O)n1. The Kier molecular flexibility index (Phi) is 5.47. The molecule has 1 saturated carbocycles. The van der Waals surface area contributed by atoms with Crippen molar-refractivity contribution in [3.8, 4) is 17.3 Å². The first-order valence-electron chi connectivity index (χ1n) is 9.25. The summed E-state index contributed by atoms with van der Waals surface area (Å²) >= 11 is -2.15. The van der Waals surface area contributed by atoms with Gasteiger partial charge in [-0.15, -0.1) is 0 Å². The predicted molar refractivity (Wildman–Crippen MR) is 104 cm³/mol. The highest BCUT2D eigenvalue weighted by molar-refractivity contribution is 7.77. The third-order valence-electron chi connectivity index (χ3n) is 5.36. The second-order valence-corrected chi connectivity index (χ2v) is 7.76. The molecule has 0 radical (unpaired) electrons. The molecule has 2 atom stereocenters. The first-order valence-corrected chi connectivity index (χ1v) is 10.4. The number of nitrogens with one attached hydrogen (secondary N) is 2. The van der Waals surface area contributed by atoms with Crippen molar-refractivity contribution < 1.29 is 8.76 Å². The maximum Gasteiger partial charge on any atom is 0.232 e. The zero-order chi connectivity index (χ0) is 19.5. The van der Waals surface area contributed by atoms with Crippen molar-refractivity contribution in [2.75, 3.05) is 0 Å². The van der Waals surface area contributed by atoms with Crippen LogP contribution in [0.2, 0.25) is 0 Å². The number of H-pyrrole nitrogens is 1. The standard InChI is InChI=1S/C18H21N7O2S/c19-7-5-16(12-3-1-2-4-12)25-10-14(15(24-25)9-23-28(26)27)17-13-6-8-20-18(13)22-11-21-17/h6,8,10-12,16,23H,1-5,9H2,(H,26,27)(H,20,21,22). The Morgan fingerprint density at radius 1 is 1.43 bits per heavy atom. The molecule has 3 aromatic heterocycles. The van der Waals surface area contributed by atoms with Crippen LogP contribution in [0.1, 0.15) is 43.8 Å². The molecule has 0 amide bonds. The number of aromatic amines is 1. The van der Waals surface area contributed by atoms with Crippen LogP contribution in [0.3, 0.4) is 0 Å². The van der Waals surface area contributed by atoms with Crippen LogP contribution in [-0.4, -0.2) is 33.5 Å². The van der Waals surface area contributed by atoms with E-state index in [4.69, 9.17) is 9.65 Å². The van der Waals surface area contributed by atoms with Crippen LogP contribution in [0, 0.1) is 17.2 Å². The molecule has 2 unspecified atom stereocenters. The molecule has 1 fully saturated rings. The van der Waals surface area contributed by atoms with E-state index in [0.29, 0.717) is 29.4 Å². The van der Waals surface area contributed by atoms with E-state index >= 15 is 0 Å². The Bertz CT molecular complexity index is 1030. The van der Waals surface area contributed by atoms with Crippen LogP contribution in [0.4, 0.5) is 0 Å². The molecule has 9 nitrogen and oxygen atoms in total. The van der Waals surface area contributed by atoms with E-state index in [9.17, 15) is 9.47 Å². The number of rotatable bonds is 7. The van der Waals surface area contributed by atoms with Crippen molar-refractivity contribution in [1.82, 2.24) is 29.5 Å². The molecule has 3 aromatic rings. The Hall–Kier alpha value is -2.61. The first kappa shape index (κ1) is 18.7. The van der Waals surface area contributed by atoms with E-state index in [1.54, 1.807) is 6.20 Å². The topological polar surface area (TPSA) is 133 Å². The van der Waals surface area contributed by atoms with Gasteiger partial charge in [0.25, 0.3) is 0 Å². The molecular formula is C18H21N7O2S. The summed E-state index contributed by atoms with van der Waals surface area (Å²) in [5.74, 6) is 0.415. The lowest BCUT2D eigenvalue weighted by Crippen LogP contribution is -2.19. The van der Waals surface area contributed by atoms with Gasteiger partial charge in [-0.2, -0.15) is 10.4 Å². The minimum atomic E-state index is -2.15. The first-order chi connectivity index (χ1) is 13.7. The molecule has 1 aliphatic carbocycles. The van der Waals surface area contributed by atoms with Gasteiger partial charge in [0.2, 0.25) is 11.3 Å². The van der Waals surface area contributed by atoms with E-state index in [0.717, 1.165) is 23.8 Å². The van der Waals surface area contributed by atoms with Crippen LogP contribution in [-0.2, 0) is 17.8 Å². The third kappa shape index (κ3) is 3.69. The lowest BCUT2D eigenvalue weighted by molar-refractivity contribution is 0.313. The molecule has 4 rings (SSSR count). The zero-order valence-corrected chi connectivity index (χ0v) is 16.0. The van der Waals surface area contributed by atoms with Crippen LogP contribution in [0.5, 0.6) is 0 Å². The average Bonchev–Trinajstić information content (AvgIpc) is 3.44. The van der Waals surface area contributed by atoms with Gasteiger partial charge in [0, 0.05) is 23.3 Å². The zero-order valence-electron chi connectivity index (χ0n) is 15.2. The number of hydrogen-bond acceptors (Lipinski definition) is 5. The second kappa shape index (κ2) is 8.18. The number of nitrogens with zero attached hydrogens (tertiary/aromatic N) is 5. The molecule has 3 N–H and O–H groups in total. The number of hydrogen-bond donors (Lipinski definition) is 3. The summed E-state index contributed by atoms with van der Waals surface area (Å²) in [6.45, 7) is 0.116. The van der Waals surface area contributed by atoms with Crippen molar-refractivity contribution >= 4 is 22.3 Å². The summed E-state index contributed by atoms with van der Waals surface area (Å²) in [7, 11) is 0. The monoisotopic (exact) mass is 399 g/mol. The number of fused-ring (bicyclic) bond motifs is 1. The predicted octanol–water partition coefficient (Wildman–Crippen LogP) is 2.69. The van der Waals surface area contributed by atoms with Gasteiger partial charge in [-0.25, -0.2) is 18.9 Å². The molecule has 1 aliphatic rings. The fraction of sp³-hybridized carbons (Fsp3) is 0.444. The smallest absolute Gasteiger partial charge is 0.232 e. The molecule has 0 spiro atoms. The van der Waals surface area contributed by atoms with Gasteiger partial charge in [0.1, 0.15) is 12.0 Å². The minimum absolute atomic E-state index is 0.0109. The van der Waals surface area contributed by atoms with Crippen molar-refractivity contribution in [3.63, 3.8) is 0 Å². The number of nitriles is 1. The lowest BCUT2D eigenvalue weighted by atomic mass is 9.96. The highest BCUT2D eigenvalue weighted by Gasteiger charge is 2.28. The molecule has 10 heteroatoms. The highest BCUT2D eigenvalue weighted by atomic mass is 32.2. The van der Waals surface area contributed by atoms with Gasteiger partial charge in [0.15, 0.2) is 0 Å². The van der Waals surface area contributed by atoms with E-state index in [1.165, 1.54) is 19.2 Å². The summed E-state index contributed by atoms with van der Waals surface area (Å²) in [6, 6.07) is 4.18. The Balaban J connectivity index is 1.79. The van der Waals surface area contributed by atoms with Crippen molar-refractivity contribution in [3.05, 3.63) is 30.5 Å². The van der Waals surface area contributed by atoms with Crippen LogP contribution in [0.15, 0.2) is 24.8 Å². The van der Waals surface area contributed by atoms with E-state index in [2.05, 4.69) is 25.7 Å². The van der Waals surface area contributed by atoms with Gasteiger partial charge in [0.05, 0.1) is 36.5 Å². The molecule has 3 heterocycles. The third-order valence-corrected chi connectivity index (χ3v) is 5.76. The second-order valence-electron chi connectivity index (χ2n) is 6.98. The largest absolute Gasteiger partial charge is 0.346 e. The maximum atomic E-state index is 11.1.